The van der Waals surface area contributed by atoms with Crippen LogP contribution in [0.3, 0.4) is 0 Å². The Kier molecular flexibility index (Phi) is 12.4. The standard InChI is InChI=1S/C20H35N5O.HI/c1-4-21-20(23-13-14-26-18-9-7-5-6-8-10-18)24-16-17-11-12-22-19(15-17)25(2)3;/h11-12,15,18H,4-10,13-14,16H2,1-3H3,(H2,21,23,24);1H. The number of halogens is 1. The fraction of sp³-hybridized carbons (Fsp3) is 0.700. The molecule has 1 heterocycles. The van der Waals surface area contributed by atoms with Crippen molar-refractivity contribution in [3.63, 3.8) is 0 Å². The molecular weight excluding hydrogens is 453 g/mol. The zero-order valence-corrected chi connectivity index (χ0v) is 19.4. The summed E-state index contributed by atoms with van der Waals surface area (Å²) in [6.07, 6.45) is 10.0. The zero-order chi connectivity index (χ0) is 18.6. The molecule has 0 bridgehead atoms. The molecule has 1 fully saturated rings. The number of guanidine groups is 1. The maximum Gasteiger partial charge on any atom is 0.191 e. The lowest BCUT2D eigenvalue weighted by Gasteiger charge is -2.17. The second kappa shape index (κ2) is 14.0. The number of nitrogens with one attached hydrogen (secondary N) is 2. The smallest absolute Gasteiger partial charge is 0.191 e. The molecule has 1 aromatic heterocycles. The number of rotatable bonds is 8. The molecule has 1 saturated carbocycles. The number of hydrogen-bond acceptors (Lipinski definition) is 4. The van der Waals surface area contributed by atoms with Crippen LogP contribution >= 0.6 is 24.0 Å². The third-order valence-electron chi connectivity index (χ3n) is 4.58. The first kappa shape index (κ1) is 23.9. The van der Waals surface area contributed by atoms with Gasteiger partial charge in [0.2, 0.25) is 0 Å². The average molecular weight is 489 g/mol. The van der Waals surface area contributed by atoms with Gasteiger partial charge in [-0.3, -0.25) is 0 Å². The Hall–Kier alpha value is -1.09. The minimum absolute atomic E-state index is 0. The molecule has 7 heteroatoms. The number of aliphatic imine (C=N–C) groups is 1. The third kappa shape index (κ3) is 9.60. The van der Waals surface area contributed by atoms with Crippen LogP contribution in [0, 0.1) is 0 Å². The number of ether oxygens (including phenoxy) is 1. The van der Waals surface area contributed by atoms with Gasteiger partial charge in [0.25, 0.3) is 0 Å². The fourth-order valence-electron chi connectivity index (χ4n) is 3.12. The van der Waals surface area contributed by atoms with Gasteiger partial charge in [-0.15, -0.1) is 24.0 Å². The molecular formula is C20H36IN5O. The lowest BCUT2D eigenvalue weighted by molar-refractivity contribution is 0.0468. The molecule has 0 radical (unpaired) electrons. The van der Waals surface area contributed by atoms with E-state index in [0.717, 1.165) is 37.0 Å². The van der Waals surface area contributed by atoms with Crippen molar-refractivity contribution in [3.05, 3.63) is 23.9 Å². The Morgan fingerprint density at radius 2 is 1.96 bits per heavy atom. The Labute approximate surface area is 181 Å². The molecule has 0 atom stereocenters. The van der Waals surface area contributed by atoms with E-state index in [9.17, 15) is 0 Å². The summed E-state index contributed by atoms with van der Waals surface area (Å²) in [6.45, 7) is 5.06. The highest BCUT2D eigenvalue weighted by Gasteiger charge is 2.12. The number of aromatic nitrogens is 1. The highest BCUT2D eigenvalue weighted by Crippen LogP contribution is 2.19. The van der Waals surface area contributed by atoms with Gasteiger partial charge in [0.05, 0.1) is 19.3 Å². The monoisotopic (exact) mass is 489 g/mol. The first-order chi connectivity index (χ1) is 12.7. The van der Waals surface area contributed by atoms with E-state index in [4.69, 9.17) is 4.74 Å². The number of pyridine rings is 1. The molecule has 154 valence electrons. The highest BCUT2D eigenvalue weighted by molar-refractivity contribution is 14.0. The van der Waals surface area contributed by atoms with Crippen molar-refractivity contribution < 1.29 is 4.74 Å². The number of hydrogen-bond donors (Lipinski definition) is 2. The van der Waals surface area contributed by atoms with Crippen molar-refractivity contribution in [2.24, 2.45) is 4.99 Å². The zero-order valence-electron chi connectivity index (χ0n) is 17.0. The molecule has 2 N–H and O–H groups in total. The van der Waals surface area contributed by atoms with Gasteiger partial charge >= 0.3 is 0 Å². The van der Waals surface area contributed by atoms with Crippen LogP contribution in [0.5, 0.6) is 0 Å². The van der Waals surface area contributed by atoms with E-state index in [0.29, 0.717) is 12.6 Å². The summed E-state index contributed by atoms with van der Waals surface area (Å²) in [5.41, 5.74) is 1.15. The molecule has 1 aliphatic carbocycles. The quantitative estimate of drug-likeness (QED) is 0.192. The van der Waals surface area contributed by atoms with Crippen molar-refractivity contribution in [2.75, 3.05) is 38.7 Å². The Morgan fingerprint density at radius 1 is 1.22 bits per heavy atom. The summed E-state index contributed by atoms with van der Waals surface area (Å²) in [4.78, 5) is 11.0. The number of anilines is 1. The molecule has 0 unspecified atom stereocenters. The molecule has 2 rings (SSSR count). The Morgan fingerprint density at radius 3 is 2.63 bits per heavy atom. The number of nitrogens with zero attached hydrogens (tertiary/aromatic N) is 3. The maximum absolute atomic E-state index is 6.04. The summed E-state index contributed by atoms with van der Waals surface area (Å²) in [5, 5.41) is 6.67. The molecule has 6 nitrogen and oxygen atoms in total. The summed E-state index contributed by atoms with van der Waals surface area (Å²) in [7, 11) is 3.99. The normalized spacial score (nSPS) is 15.6. The lowest BCUT2D eigenvalue weighted by Crippen LogP contribution is -2.39. The van der Waals surface area contributed by atoms with Crippen molar-refractivity contribution in [3.8, 4) is 0 Å². The van der Waals surface area contributed by atoms with Gasteiger partial charge in [-0.25, -0.2) is 9.98 Å². The van der Waals surface area contributed by atoms with Gasteiger partial charge in [0.1, 0.15) is 5.82 Å². The first-order valence-corrected chi connectivity index (χ1v) is 9.95. The largest absolute Gasteiger partial charge is 0.376 e. The predicted molar refractivity (Wildman–Crippen MR) is 124 cm³/mol. The van der Waals surface area contributed by atoms with Crippen molar-refractivity contribution in [1.82, 2.24) is 15.6 Å². The molecule has 0 aliphatic heterocycles. The first-order valence-electron chi connectivity index (χ1n) is 9.95. The van der Waals surface area contributed by atoms with Crippen LogP contribution in [0.4, 0.5) is 5.82 Å². The minimum Gasteiger partial charge on any atom is -0.376 e. The average Bonchev–Trinajstić information content (AvgIpc) is 2.92. The second-order valence-corrected chi connectivity index (χ2v) is 7.02. The van der Waals surface area contributed by atoms with Gasteiger partial charge in [-0.2, -0.15) is 0 Å². The van der Waals surface area contributed by atoms with E-state index in [1.165, 1.54) is 38.5 Å². The van der Waals surface area contributed by atoms with Crippen LogP contribution in [0.15, 0.2) is 23.3 Å². The van der Waals surface area contributed by atoms with Crippen molar-refractivity contribution >= 4 is 35.8 Å². The summed E-state index contributed by atoms with van der Waals surface area (Å²) >= 11 is 0. The highest BCUT2D eigenvalue weighted by atomic mass is 127. The van der Waals surface area contributed by atoms with Crippen LogP contribution in [0.1, 0.15) is 51.0 Å². The maximum atomic E-state index is 6.04. The minimum atomic E-state index is 0. The van der Waals surface area contributed by atoms with E-state index in [1.54, 1.807) is 0 Å². The van der Waals surface area contributed by atoms with Crippen LogP contribution in [0.2, 0.25) is 0 Å². The molecule has 27 heavy (non-hydrogen) atoms. The van der Waals surface area contributed by atoms with E-state index in [1.807, 2.05) is 31.3 Å². The Bertz CT molecular complexity index is 545. The van der Waals surface area contributed by atoms with Gasteiger partial charge in [-0.1, -0.05) is 25.7 Å². The summed E-state index contributed by atoms with van der Waals surface area (Å²) in [6, 6.07) is 4.08. The van der Waals surface area contributed by atoms with Crippen molar-refractivity contribution in [2.45, 2.75) is 58.1 Å². The van der Waals surface area contributed by atoms with Crippen LogP contribution in [-0.4, -0.2) is 50.8 Å². The molecule has 0 spiro atoms. The summed E-state index contributed by atoms with van der Waals surface area (Å²) in [5.74, 6) is 1.78. The lowest BCUT2D eigenvalue weighted by atomic mass is 10.1. The van der Waals surface area contributed by atoms with E-state index in [-0.39, 0.29) is 24.0 Å². The molecule has 1 aliphatic rings. The van der Waals surface area contributed by atoms with Gasteiger partial charge < -0.3 is 20.3 Å². The molecule has 0 amide bonds. The fourth-order valence-corrected chi connectivity index (χ4v) is 3.12. The van der Waals surface area contributed by atoms with E-state index in [2.05, 4.69) is 33.6 Å². The van der Waals surface area contributed by atoms with Gasteiger partial charge in [0.15, 0.2) is 5.96 Å². The van der Waals surface area contributed by atoms with E-state index < -0.39 is 0 Å². The van der Waals surface area contributed by atoms with Gasteiger partial charge in [-0.05, 0) is 37.5 Å². The molecule has 0 saturated heterocycles. The predicted octanol–water partition coefficient (Wildman–Crippen LogP) is 3.56. The SMILES string of the molecule is CCNC(=NCc1ccnc(N(C)C)c1)NCCOC1CCCCCC1.I. The van der Waals surface area contributed by atoms with E-state index >= 15 is 0 Å². The Balaban J connectivity index is 0.00000364. The van der Waals surface area contributed by atoms with Crippen molar-refractivity contribution in [1.29, 1.82) is 0 Å². The van der Waals surface area contributed by atoms with Crippen LogP contribution < -0.4 is 15.5 Å². The van der Waals surface area contributed by atoms with Crippen LogP contribution in [0.25, 0.3) is 0 Å². The summed E-state index contributed by atoms with van der Waals surface area (Å²) < 4.78 is 6.04. The van der Waals surface area contributed by atoms with Gasteiger partial charge in [0, 0.05) is 33.4 Å². The third-order valence-corrected chi connectivity index (χ3v) is 4.58. The molecule has 1 aromatic rings. The topological polar surface area (TPSA) is 61.8 Å². The van der Waals surface area contributed by atoms with Crippen LogP contribution in [-0.2, 0) is 11.3 Å². The molecule has 0 aromatic carbocycles. The second-order valence-electron chi connectivity index (χ2n) is 7.02.